The minimum absolute atomic E-state index is 0. The highest BCUT2D eigenvalue weighted by atomic mass is 35.5. The Kier molecular flexibility index (Phi) is 6.02. The van der Waals surface area contributed by atoms with Crippen molar-refractivity contribution in [3.8, 4) is 11.3 Å². The maximum atomic E-state index is 13.8. The van der Waals surface area contributed by atoms with Crippen molar-refractivity contribution in [1.29, 1.82) is 0 Å². The molecule has 1 aromatic heterocycles. The second kappa shape index (κ2) is 7.81. The van der Waals surface area contributed by atoms with Crippen molar-refractivity contribution in [3.63, 3.8) is 0 Å². The summed E-state index contributed by atoms with van der Waals surface area (Å²) in [5.74, 6) is 0.406. The average Bonchev–Trinajstić information content (AvgIpc) is 3.04. The lowest BCUT2D eigenvalue weighted by Gasteiger charge is -2.34. The molecule has 2 N–H and O–H groups in total. The van der Waals surface area contributed by atoms with Crippen LogP contribution in [0.4, 0.5) is 4.39 Å². The molecule has 0 bridgehead atoms. The number of nitrogens with zero attached hydrogens (tertiary/aromatic N) is 1. The van der Waals surface area contributed by atoms with Crippen molar-refractivity contribution in [1.82, 2.24) is 4.90 Å². The molecule has 0 spiro atoms. The maximum absolute atomic E-state index is 13.8. The Balaban J connectivity index is 0.00000208. The molecule has 1 amide bonds. The van der Waals surface area contributed by atoms with Gasteiger partial charge in [0.25, 0.3) is 5.91 Å². The van der Waals surface area contributed by atoms with Crippen LogP contribution in [-0.2, 0) is 0 Å². The molecule has 0 saturated carbocycles. The summed E-state index contributed by atoms with van der Waals surface area (Å²) >= 11 is 0. The molecule has 1 aliphatic rings. The van der Waals surface area contributed by atoms with Gasteiger partial charge in [-0.15, -0.1) is 12.4 Å². The minimum Gasteiger partial charge on any atom is -0.451 e. The van der Waals surface area contributed by atoms with Gasteiger partial charge in [-0.1, -0.05) is 12.1 Å². The van der Waals surface area contributed by atoms with E-state index in [1.165, 1.54) is 6.07 Å². The van der Waals surface area contributed by atoms with Crippen LogP contribution in [0.5, 0.6) is 0 Å². The SMILES string of the molecule is CC(N)C1CCCN(C(=O)c2ccc(-c3ccccc3F)o2)C1.Cl. The van der Waals surface area contributed by atoms with Crippen molar-refractivity contribution in [3.05, 3.63) is 48.0 Å². The molecule has 0 radical (unpaired) electrons. The van der Waals surface area contributed by atoms with Crippen molar-refractivity contribution in [2.24, 2.45) is 11.7 Å². The zero-order chi connectivity index (χ0) is 16.4. The van der Waals surface area contributed by atoms with Gasteiger partial charge < -0.3 is 15.1 Å². The molecule has 1 fully saturated rings. The second-order valence-corrected chi connectivity index (χ2v) is 6.16. The number of likely N-dealkylation sites (tertiary alicyclic amines) is 1. The number of nitrogens with two attached hydrogens (primary N) is 1. The van der Waals surface area contributed by atoms with E-state index in [1.807, 2.05) is 6.92 Å². The number of halogens is 2. The highest BCUT2D eigenvalue weighted by molar-refractivity contribution is 5.92. The summed E-state index contributed by atoms with van der Waals surface area (Å²) in [6.07, 6.45) is 1.99. The van der Waals surface area contributed by atoms with Crippen LogP contribution < -0.4 is 5.73 Å². The van der Waals surface area contributed by atoms with Crippen LogP contribution in [0.3, 0.4) is 0 Å². The van der Waals surface area contributed by atoms with Gasteiger partial charge in [0.2, 0.25) is 0 Å². The van der Waals surface area contributed by atoms with Gasteiger partial charge in [-0.05, 0) is 49.9 Å². The van der Waals surface area contributed by atoms with Crippen LogP contribution in [0.25, 0.3) is 11.3 Å². The van der Waals surface area contributed by atoms with E-state index in [4.69, 9.17) is 10.2 Å². The van der Waals surface area contributed by atoms with E-state index < -0.39 is 0 Å². The number of rotatable bonds is 3. The molecular weight excluding hydrogens is 331 g/mol. The van der Waals surface area contributed by atoms with E-state index in [9.17, 15) is 9.18 Å². The normalized spacial score (nSPS) is 18.8. The Bertz CT molecular complexity index is 702. The fourth-order valence-electron chi connectivity index (χ4n) is 3.04. The van der Waals surface area contributed by atoms with E-state index in [2.05, 4.69) is 0 Å². The highest BCUT2D eigenvalue weighted by Gasteiger charge is 2.28. The predicted octanol–water partition coefficient (Wildman–Crippen LogP) is 3.71. The monoisotopic (exact) mass is 352 g/mol. The third kappa shape index (κ3) is 3.79. The Morgan fingerprint density at radius 1 is 1.33 bits per heavy atom. The van der Waals surface area contributed by atoms with Crippen molar-refractivity contribution in [2.75, 3.05) is 13.1 Å². The Morgan fingerprint density at radius 2 is 2.08 bits per heavy atom. The van der Waals surface area contributed by atoms with Crippen LogP contribution in [0.15, 0.2) is 40.8 Å². The average molecular weight is 353 g/mol. The number of piperidine rings is 1. The maximum Gasteiger partial charge on any atom is 0.289 e. The summed E-state index contributed by atoms with van der Waals surface area (Å²) < 4.78 is 19.4. The van der Waals surface area contributed by atoms with E-state index in [1.54, 1.807) is 35.2 Å². The zero-order valence-corrected chi connectivity index (χ0v) is 14.4. The largest absolute Gasteiger partial charge is 0.451 e. The summed E-state index contributed by atoms with van der Waals surface area (Å²) in [5.41, 5.74) is 6.32. The number of hydrogen-bond donors (Lipinski definition) is 1. The van der Waals surface area contributed by atoms with E-state index in [0.717, 1.165) is 12.8 Å². The van der Waals surface area contributed by atoms with Gasteiger partial charge in [-0.2, -0.15) is 0 Å². The van der Waals surface area contributed by atoms with Crippen molar-refractivity contribution in [2.45, 2.75) is 25.8 Å². The molecular formula is C18H22ClFN2O2. The van der Waals surface area contributed by atoms with Gasteiger partial charge in [-0.25, -0.2) is 4.39 Å². The molecule has 4 nitrogen and oxygen atoms in total. The van der Waals surface area contributed by atoms with Gasteiger partial charge >= 0.3 is 0 Å². The first kappa shape index (κ1) is 18.5. The van der Waals surface area contributed by atoms with Gasteiger partial charge in [0.15, 0.2) is 5.76 Å². The van der Waals surface area contributed by atoms with Gasteiger partial charge in [0.1, 0.15) is 11.6 Å². The van der Waals surface area contributed by atoms with Gasteiger partial charge in [0.05, 0.1) is 5.56 Å². The number of carbonyl (C=O) groups is 1. The van der Waals surface area contributed by atoms with Gasteiger partial charge in [0, 0.05) is 19.1 Å². The Labute approximate surface area is 147 Å². The molecule has 6 heteroatoms. The summed E-state index contributed by atoms with van der Waals surface area (Å²) in [6, 6.07) is 9.68. The summed E-state index contributed by atoms with van der Waals surface area (Å²) in [5, 5.41) is 0. The molecule has 1 saturated heterocycles. The standard InChI is InChI=1S/C18H21FN2O2.ClH/c1-12(20)13-5-4-10-21(11-13)18(22)17-9-8-16(23-17)14-6-2-3-7-15(14)19;/h2-3,6-9,12-13H,4-5,10-11,20H2,1H3;1H. The Hall–Kier alpha value is -1.85. The molecule has 2 unspecified atom stereocenters. The smallest absolute Gasteiger partial charge is 0.289 e. The van der Waals surface area contributed by atoms with E-state index >= 15 is 0 Å². The summed E-state index contributed by atoms with van der Waals surface area (Å²) in [4.78, 5) is 14.4. The quantitative estimate of drug-likeness (QED) is 0.916. The summed E-state index contributed by atoms with van der Waals surface area (Å²) in [7, 11) is 0. The molecule has 130 valence electrons. The first-order valence-electron chi connectivity index (χ1n) is 7.96. The van der Waals surface area contributed by atoms with Crippen LogP contribution in [0.1, 0.15) is 30.3 Å². The minimum atomic E-state index is -0.365. The Morgan fingerprint density at radius 3 is 2.79 bits per heavy atom. The molecule has 2 heterocycles. The van der Waals surface area contributed by atoms with Crippen molar-refractivity contribution >= 4 is 18.3 Å². The number of carbonyl (C=O) groups excluding carboxylic acids is 1. The van der Waals surface area contributed by atoms with Crippen LogP contribution >= 0.6 is 12.4 Å². The zero-order valence-electron chi connectivity index (χ0n) is 13.6. The number of hydrogen-bond acceptors (Lipinski definition) is 3. The van der Waals surface area contributed by atoms with Crippen LogP contribution in [-0.4, -0.2) is 29.9 Å². The topological polar surface area (TPSA) is 59.5 Å². The third-order valence-electron chi connectivity index (χ3n) is 4.44. The van der Waals surface area contributed by atoms with Gasteiger partial charge in [-0.3, -0.25) is 4.79 Å². The second-order valence-electron chi connectivity index (χ2n) is 6.16. The fourth-order valence-corrected chi connectivity index (χ4v) is 3.04. The fraction of sp³-hybridized carbons (Fsp3) is 0.389. The number of amides is 1. The van der Waals surface area contributed by atoms with E-state index in [-0.39, 0.29) is 35.9 Å². The highest BCUT2D eigenvalue weighted by Crippen LogP contribution is 2.26. The number of benzene rings is 1. The van der Waals surface area contributed by atoms with Crippen LogP contribution in [0, 0.1) is 11.7 Å². The lowest BCUT2D eigenvalue weighted by atomic mass is 9.92. The first-order valence-corrected chi connectivity index (χ1v) is 7.96. The van der Waals surface area contributed by atoms with Crippen molar-refractivity contribution < 1.29 is 13.6 Å². The molecule has 3 rings (SSSR count). The predicted molar refractivity (Wildman–Crippen MR) is 93.6 cm³/mol. The first-order chi connectivity index (χ1) is 11.1. The molecule has 0 aliphatic carbocycles. The third-order valence-corrected chi connectivity index (χ3v) is 4.44. The molecule has 2 aromatic rings. The van der Waals surface area contributed by atoms with E-state index in [0.29, 0.717) is 30.3 Å². The molecule has 1 aliphatic heterocycles. The summed E-state index contributed by atoms with van der Waals surface area (Å²) in [6.45, 7) is 3.33. The lowest BCUT2D eigenvalue weighted by Crippen LogP contribution is -2.44. The molecule has 24 heavy (non-hydrogen) atoms. The lowest BCUT2D eigenvalue weighted by molar-refractivity contribution is 0.0630. The van der Waals surface area contributed by atoms with Crippen LogP contribution in [0.2, 0.25) is 0 Å². The number of furan rings is 1. The molecule has 2 atom stereocenters. The molecule has 1 aromatic carbocycles.